The summed E-state index contributed by atoms with van der Waals surface area (Å²) in [6, 6.07) is 9.89. The average Bonchev–Trinajstić information content (AvgIpc) is 3.22. The monoisotopic (exact) mass is 535 g/mol. The van der Waals surface area contributed by atoms with Gasteiger partial charge in [0.1, 0.15) is 11.9 Å². The van der Waals surface area contributed by atoms with Gasteiger partial charge in [-0.25, -0.2) is 4.98 Å². The molecule has 0 saturated heterocycles. The molecule has 2 aliphatic heterocycles. The van der Waals surface area contributed by atoms with E-state index in [1.54, 1.807) is 0 Å². The summed E-state index contributed by atoms with van der Waals surface area (Å²) in [7, 11) is 1.98. The summed E-state index contributed by atoms with van der Waals surface area (Å²) >= 11 is 0. The molecule has 2 N–H and O–H groups in total. The second-order valence-corrected chi connectivity index (χ2v) is 12.5. The standard InChI is InChI=1S/C32H45N3O4/c1-21-19-38-20-23-9-7-12-26(28(21)23)29(31(36)37)35(4)25-17-27(32(2,3)18-25)39-16-6-5-11-24-14-13-22-10-8-15-33-30(22)34-24/h7,9,12-14,21,25,27,29H,5-6,8,10-11,15-20H2,1-4H3,(H,33,34)(H,36,37)/t21-,25+,27+,29-/m1/s1. The van der Waals surface area contributed by atoms with Crippen molar-refractivity contribution in [3.63, 3.8) is 0 Å². The Kier molecular flexibility index (Phi) is 8.60. The fourth-order valence-corrected chi connectivity index (χ4v) is 6.90. The smallest absolute Gasteiger partial charge is 0.325 e. The Morgan fingerprint density at radius 3 is 2.92 bits per heavy atom. The van der Waals surface area contributed by atoms with Crippen LogP contribution in [0, 0.1) is 5.41 Å². The van der Waals surface area contributed by atoms with Gasteiger partial charge in [-0.1, -0.05) is 45.0 Å². The first-order valence-electron chi connectivity index (χ1n) is 14.7. The van der Waals surface area contributed by atoms with Crippen molar-refractivity contribution in [3.8, 4) is 0 Å². The van der Waals surface area contributed by atoms with E-state index in [1.165, 1.54) is 12.0 Å². The van der Waals surface area contributed by atoms with Gasteiger partial charge in [-0.3, -0.25) is 9.69 Å². The van der Waals surface area contributed by atoms with Gasteiger partial charge in [-0.15, -0.1) is 0 Å². The van der Waals surface area contributed by atoms with Crippen molar-refractivity contribution in [1.82, 2.24) is 9.88 Å². The van der Waals surface area contributed by atoms with Gasteiger partial charge in [0.2, 0.25) is 0 Å². The molecule has 0 spiro atoms. The number of aromatic nitrogens is 1. The second kappa shape index (κ2) is 11.9. The number of nitrogens with one attached hydrogen (secondary N) is 1. The molecule has 0 bridgehead atoms. The first-order chi connectivity index (χ1) is 18.7. The van der Waals surface area contributed by atoms with Gasteiger partial charge >= 0.3 is 5.97 Å². The zero-order valence-corrected chi connectivity index (χ0v) is 24.0. The number of anilines is 1. The minimum atomic E-state index is -0.794. The van der Waals surface area contributed by atoms with E-state index in [9.17, 15) is 9.90 Å². The lowest BCUT2D eigenvalue weighted by molar-refractivity contribution is -0.144. The number of hydrogen-bond acceptors (Lipinski definition) is 6. The van der Waals surface area contributed by atoms with Crippen LogP contribution in [-0.4, -0.2) is 59.9 Å². The zero-order chi connectivity index (χ0) is 27.6. The molecule has 3 aliphatic rings. The number of nitrogens with zero attached hydrogens (tertiary/aromatic N) is 2. The highest BCUT2D eigenvalue weighted by atomic mass is 16.5. The Bertz CT molecular complexity index is 1170. The van der Waals surface area contributed by atoms with Crippen molar-refractivity contribution in [2.45, 2.75) is 96.4 Å². The lowest BCUT2D eigenvalue weighted by Gasteiger charge is -2.35. The minimum Gasteiger partial charge on any atom is -0.480 e. The second-order valence-electron chi connectivity index (χ2n) is 12.5. The number of aliphatic carboxylic acids is 1. The maximum atomic E-state index is 12.7. The van der Waals surface area contributed by atoms with Crippen LogP contribution in [0.4, 0.5) is 5.82 Å². The highest BCUT2D eigenvalue weighted by molar-refractivity contribution is 5.76. The van der Waals surface area contributed by atoms with Gasteiger partial charge in [0, 0.05) is 30.8 Å². The maximum Gasteiger partial charge on any atom is 0.325 e. The predicted molar refractivity (Wildman–Crippen MR) is 153 cm³/mol. The average molecular weight is 536 g/mol. The van der Waals surface area contributed by atoms with Crippen molar-refractivity contribution in [1.29, 1.82) is 0 Å². The van der Waals surface area contributed by atoms with Crippen LogP contribution >= 0.6 is 0 Å². The molecule has 7 heteroatoms. The number of unbranched alkanes of at least 4 members (excludes halogenated alkanes) is 1. The summed E-state index contributed by atoms with van der Waals surface area (Å²) in [6.45, 7) is 9.56. The number of carboxylic acids is 1. The van der Waals surface area contributed by atoms with Gasteiger partial charge in [0.25, 0.3) is 0 Å². The van der Waals surface area contributed by atoms with E-state index in [2.05, 4.69) is 49.2 Å². The molecule has 39 heavy (non-hydrogen) atoms. The summed E-state index contributed by atoms with van der Waals surface area (Å²) in [5.74, 6) is 0.457. The van der Waals surface area contributed by atoms with E-state index >= 15 is 0 Å². The van der Waals surface area contributed by atoms with Crippen LogP contribution in [0.2, 0.25) is 0 Å². The summed E-state index contributed by atoms with van der Waals surface area (Å²) in [5.41, 5.74) is 5.64. The molecule has 0 unspecified atom stereocenters. The number of hydrogen-bond donors (Lipinski definition) is 2. The number of rotatable bonds is 10. The molecule has 4 atom stereocenters. The van der Waals surface area contributed by atoms with E-state index in [1.807, 2.05) is 19.2 Å². The molecule has 0 amide bonds. The Hall–Kier alpha value is -2.48. The first-order valence-corrected chi connectivity index (χ1v) is 14.7. The summed E-state index contributed by atoms with van der Waals surface area (Å²) in [5, 5.41) is 13.8. The van der Waals surface area contributed by atoms with E-state index in [0.717, 1.165) is 79.9 Å². The van der Waals surface area contributed by atoms with Crippen LogP contribution in [0.5, 0.6) is 0 Å². The Labute approximate surface area is 233 Å². The molecule has 1 fully saturated rings. The van der Waals surface area contributed by atoms with Crippen LogP contribution in [0.3, 0.4) is 0 Å². The van der Waals surface area contributed by atoms with Crippen LogP contribution in [-0.2, 0) is 33.7 Å². The number of pyridine rings is 1. The third-order valence-corrected chi connectivity index (χ3v) is 9.08. The molecule has 1 aliphatic carbocycles. The van der Waals surface area contributed by atoms with Gasteiger partial charge in [-0.05, 0) is 85.7 Å². The topological polar surface area (TPSA) is 83.9 Å². The number of carboxylic acid groups (broad SMARTS) is 1. The molecule has 1 aromatic carbocycles. The Morgan fingerprint density at radius 2 is 2.10 bits per heavy atom. The third kappa shape index (κ3) is 6.16. The van der Waals surface area contributed by atoms with E-state index in [4.69, 9.17) is 14.5 Å². The van der Waals surface area contributed by atoms with Crippen molar-refractivity contribution < 1.29 is 19.4 Å². The van der Waals surface area contributed by atoms with Crippen LogP contribution in [0.25, 0.3) is 0 Å². The van der Waals surface area contributed by atoms with Crippen molar-refractivity contribution in [3.05, 3.63) is 58.3 Å². The van der Waals surface area contributed by atoms with Gasteiger partial charge in [0.05, 0.1) is 19.3 Å². The fraction of sp³-hybridized carbons (Fsp3) is 0.625. The highest BCUT2D eigenvalue weighted by Gasteiger charge is 2.45. The Morgan fingerprint density at radius 1 is 1.26 bits per heavy atom. The quantitative estimate of drug-likeness (QED) is 0.376. The molecule has 5 rings (SSSR count). The zero-order valence-electron chi connectivity index (χ0n) is 24.0. The fourth-order valence-electron chi connectivity index (χ4n) is 6.90. The number of aryl methyl sites for hydroxylation is 2. The molecule has 212 valence electrons. The number of fused-ring (bicyclic) bond motifs is 2. The molecule has 3 heterocycles. The molecule has 0 radical (unpaired) electrons. The van der Waals surface area contributed by atoms with Crippen molar-refractivity contribution in [2.75, 3.05) is 32.1 Å². The normalized spacial score (nSPS) is 24.6. The molecule has 1 aromatic heterocycles. The maximum absolute atomic E-state index is 12.7. The number of carbonyl (C=O) groups is 1. The number of ether oxygens (including phenoxy) is 2. The van der Waals surface area contributed by atoms with Gasteiger partial charge in [0.15, 0.2) is 0 Å². The third-order valence-electron chi connectivity index (χ3n) is 9.08. The van der Waals surface area contributed by atoms with Crippen LogP contribution in [0.15, 0.2) is 30.3 Å². The van der Waals surface area contributed by atoms with Crippen LogP contribution in [0.1, 0.15) is 92.8 Å². The summed E-state index contributed by atoms with van der Waals surface area (Å²) in [6.07, 6.45) is 7.17. The molecule has 2 aromatic rings. The van der Waals surface area contributed by atoms with E-state index in [0.29, 0.717) is 13.2 Å². The summed E-state index contributed by atoms with van der Waals surface area (Å²) < 4.78 is 12.2. The van der Waals surface area contributed by atoms with Gasteiger partial charge in [-0.2, -0.15) is 0 Å². The molecular formula is C32H45N3O4. The molecular weight excluding hydrogens is 490 g/mol. The largest absolute Gasteiger partial charge is 0.480 e. The first kappa shape index (κ1) is 28.1. The lowest BCUT2D eigenvalue weighted by Crippen LogP contribution is -2.39. The minimum absolute atomic E-state index is 0.00898. The van der Waals surface area contributed by atoms with E-state index < -0.39 is 12.0 Å². The number of benzene rings is 1. The van der Waals surface area contributed by atoms with Crippen molar-refractivity contribution >= 4 is 11.8 Å². The molecule has 1 saturated carbocycles. The van der Waals surface area contributed by atoms with Gasteiger partial charge < -0.3 is 19.9 Å². The van der Waals surface area contributed by atoms with Crippen LogP contribution < -0.4 is 5.32 Å². The highest BCUT2D eigenvalue weighted by Crippen LogP contribution is 2.44. The molecule has 7 nitrogen and oxygen atoms in total. The SMILES string of the molecule is C[C@@H]1COCc2cccc([C@H](C(=O)O)N(C)[C@H]3C[C@H](OCCCCc4ccc5c(n4)NCCC5)C(C)(C)C3)c21. The van der Waals surface area contributed by atoms with Crippen molar-refractivity contribution in [2.24, 2.45) is 5.41 Å². The Balaban J connectivity index is 1.17. The van der Waals surface area contributed by atoms with E-state index in [-0.39, 0.29) is 23.5 Å². The number of likely N-dealkylation sites (N-methyl/N-ethyl adjacent to an activating group) is 1. The summed E-state index contributed by atoms with van der Waals surface area (Å²) in [4.78, 5) is 19.6. The lowest BCUT2D eigenvalue weighted by atomic mass is 9.85. The predicted octanol–water partition coefficient (Wildman–Crippen LogP) is 5.73.